The number of hydrogen-bond acceptors (Lipinski definition) is 3. The summed E-state index contributed by atoms with van der Waals surface area (Å²) in [5, 5.41) is 3.04. The van der Waals surface area contributed by atoms with Crippen LogP contribution in [-0.4, -0.2) is 16.5 Å². The second-order valence-electron chi connectivity index (χ2n) is 3.82. The molecule has 18 heavy (non-hydrogen) atoms. The first kappa shape index (κ1) is 13.0. The molecular weight excluding hydrogens is 297 g/mol. The average Bonchev–Trinajstić information content (AvgIpc) is 2.39. The molecule has 0 saturated heterocycles. The highest BCUT2D eigenvalue weighted by Crippen LogP contribution is 2.23. The van der Waals surface area contributed by atoms with E-state index in [-0.39, 0.29) is 0 Å². The lowest BCUT2D eigenvalue weighted by Crippen LogP contribution is -2.05. The summed E-state index contributed by atoms with van der Waals surface area (Å²) in [6.45, 7) is 2.82. The Hall–Kier alpha value is -1.49. The topological polar surface area (TPSA) is 37.8 Å². The molecule has 0 radical (unpaired) electrons. The predicted octanol–water partition coefficient (Wildman–Crippen LogP) is 3.87. The number of nitrogens with zero attached hydrogens (tertiary/aromatic N) is 2. The Labute approximate surface area is 114 Å². The van der Waals surface area contributed by atoms with Gasteiger partial charge >= 0.3 is 0 Å². The van der Waals surface area contributed by atoms with E-state index in [4.69, 9.17) is 0 Å². The molecule has 2 rings (SSSR count). The molecule has 5 heteroatoms. The Morgan fingerprint density at radius 1 is 1.28 bits per heavy atom. The molecule has 0 unspecified atom stereocenters. The van der Waals surface area contributed by atoms with Gasteiger partial charge in [0.25, 0.3) is 0 Å². The maximum Gasteiger partial charge on any atom is 0.223 e. The first-order chi connectivity index (χ1) is 8.70. The van der Waals surface area contributed by atoms with Gasteiger partial charge in [0.15, 0.2) is 5.82 Å². The Bertz CT molecular complexity index is 528. The van der Waals surface area contributed by atoms with Gasteiger partial charge in [-0.3, -0.25) is 0 Å². The first-order valence-corrected chi connectivity index (χ1v) is 6.52. The zero-order chi connectivity index (χ0) is 13.0. The molecule has 94 valence electrons. The highest BCUT2D eigenvalue weighted by molar-refractivity contribution is 9.10. The van der Waals surface area contributed by atoms with E-state index < -0.39 is 5.82 Å². The second-order valence-corrected chi connectivity index (χ2v) is 4.74. The van der Waals surface area contributed by atoms with E-state index in [1.807, 2.05) is 31.2 Å². The minimum Gasteiger partial charge on any atom is -0.354 e. The van der Waals surface area contributed by atoms with Crippen molar-refractivity contribution in [2.45, 2.75) is 13.3 Å². The molecule has 0 spiro atoms. The van der Waals surface area contributed by atoms with E-state index in [0.29, 0.717) is 11.6 Å². The number of hydrogen-bond donors (Lipinski definition) is 1. The summed E-state index contributed by atoms with van der Waals surface area (Å²) in [7, 11) is 0. The highest BCUT2D eigenvalue weighted by Gasteiger charge is 2.09. The molecule has 0 bridgehead atoms. The monoisotopic (exact) mass is 309 g/mol. The lowest BCUT2D eigenvalue weighted by Gasteiger charge is -2.06. The van der Waals surface area contributed by atoms with Gasteiger partial charge in [0.1, 0.15) is 5.69 Å². The maximum atomic E-state index is 13.7. The summed E-state index contributed by atoms with van der Waals surface area (Å²) in [6.07, 6.45) is 2.16. The van der Waals surface area contributed by atoms with Crippen LogP contribution in [0.25, 0.3) is 11.3 Å². The van der Waals surface area contributed by atoms with Gasteiger partial charge < -0.3 is 5.32 Å². The van der Waals surface area contributed by atoms with Gasteiger partial charge in [-0.1, -0.05) is 35.0 Å². The van der Waals surface area contributed by atoms with Crippen molar-refractivity contribution in [1.82, 2.24) is 9.97 Å². The normalized spacial score (nSPS) is 10.4. The molecular formula is C13H13BrFN3. The number of rotatable bonds is 4. The Morgan fingerprint density at radius 2 is 2.00 bits per heavy atom. The molecule has 0 aliphatic heterocycles. The summed E-state index contributed by atoms with van der Waals surface area (Å²) in [5.74, 6) is 0.0375. The van der Waals surface area contributed by atoms with Crippen LogP contribution in [0.5, 0.6) is 0 Å². The van der Waals surface area contributed by atoms with Gasteiger partial charge in [-0.05, 0) is 18.6 Å². The minimum absolute atomic E-state index is 0.316. The summed E-state index contributed by atoms with van der Waals surface area (Å²) in [5.41, 5.74) is 1.05. The van der Waals surface area contributed by atoms with Gasteiger partial charge in [0, 0.05) is 16.6 Å². The van der Waals surface area contributed by atoms with Crippen molar-refractivity contribution in [2.24, 2.45) is 0 Å². The van der Waals surface area contributed by atoms with Crippen LogP contribution in [0.4, 0.5) is 10.3 Å². The Balaban J connectivity index is 2.33. The van der Waals surface area contributed by atoms with E-state index in [2.05, 4.69) is 31.2 Å². The van der Waals surface area contributed by atoms with Crippen LogP contribution in [0.2, 0.25) is 0 Å². The van der Waals surface area contributed by atoms with Crippen LogP contribution in [0.1, 0.15) is 13.3 Å². The fourth-order valence-corrected chi connectivity index (χ4v) is 1.76. The lowest BCUT2D eigenvalue weighted by molar-refractivity contribution is 0.618. The summed E-state index contributed by atoms with van der Waals surface area (Å²) in [4.78, 5) is 8.11. The molecule has 0 atom stereocenters. The number of aromatic nitrogens is 2. The maximum absolute atomic E-state index is 13.7. The Morgan fingerprint density at radius 3 is 2.67 bits per heavy atom. The highest BCUT2D eigenvalue weighted by atomic mass is 79.9. The van der Waals surface area contributed by atoms with Gasteiger partial charge in [0.05, 0.1) is 6.20 Å². The third kappa shape index (κ3) is 3.04. The van der Waals surface area contributed by atoms with Crippen LogP contribution in [0, 0.1) is 5.82 Å². The van der Waals surface area contributed by atoms with Crippen LogP contribution < -0.4 is 5.32 Å². The zero-order valence-electron chi connectivity index (χ0n) is 9.95. The standard InChI is InChI=1S/C13H13BrFN3/c1-2-7-16-13-17-8-11(15)12(18-13)9-3-5-10(14)6-4-9/h3-6,8H,2,7H2,1H3,(H,16,17,18). The Kier molecular flexibility index (Phi) is 4.25. The van der Waals surface area contributed by atoms with Gasteiger partial charge in [-0.25, -0.2) is 14.4 Å². The third-order valence-electron chi connectivity index (χ3n) is 2.39. The van der Waals surface area contributed by atoms with E-state index in [0.717, 1.165) is 23.0 Å². The van der Waals surface area contributed by atoms with Crippen molar-refractivity contribution < 1.29 is 4.39 Å². The van der Waals surface area contributed by atoms with Crippen molar-refractivity contribution in [2.75, 3.05) is 11.9 Å². The summed E-state index contributed by atoms with van der Waals surface area (Å²) >= 11 is 3.35. The second kappa shape index (κ2) is 5.91. The number of benzene rings is 1. The quantitative estimate of drug-likeness (QED) is 0.931. The first-order valence-electron chi connectivity index (χ1n) is 5.73. The SMILES string of the molecule is CCCNc1ncc(F)c(-c2ccc(Br)cc2)n1. The van der Waals surface area contributed by atoms with Crippen LogP contribution in [0.3, 0.4) is 0 Å². The fourth-order valence-electron chi connectivity index (χ4n) is 1.50. The minimum atomic E-state index is -0.417. The smallest absolute Gasteiger partial charge is 0.223 e. The molecule has 0 aliphatic rings. The van der Waals surface area contributed by atoms with Gasteiger partial charge in [-0.15, -0.1) is 0 Å². The van der Waals surface area contributed by atoms with Gasteiger partial charge in [0.2, 0.25) is 5.95 Å². The summed E-state index contributed by atoms with van der Waals surface area (Å²) in [6, 6.07) is 7.35. The lowest BCUT2D eigenvalue weighted by atomic mass is 10.1. The van der Waals surface area contributed by atoms with E-state index >= 15 is 0 Å². The molecule has 0 saturated carbocycles. The van der Waals surface area contributed by atoms with Crippen molar-refractivity contribution in [3.8, 4) is 11.3 Å². The number of nitrogens with one attached hydrogen (secondary N) is 1. The van der Waals surface area contributed by atoms with Gasteiger partial charge in [-0.2, -0.15) is 0 Å². The van der Waals surface area contributed by atoms with Crippen LogP contribution in [0.15, 0.2) is 34.9 Å². The van der Waals surface area contributed by atoms with Crippen molar-refractivity contribution >= 4 is 21.9 Å². The molecule has 2 aromatic rings. The van der Waals surface area contributed by atoms with E-state index in [9.17, 15) is 4.39 Å². The molecule has 0 aliphatic carbocycles. The number of halogens is 2. The summed E-state index contributed by atoms with van der Waals surface area (Å²) < 4.78 is 14.7. The van der Waals surface area contributed by atoms with Crippen LogP contribution >= 0.6 is 15.9 Å². The van der Waals surface area contributed by atoms with Crippen LogP contribution in [-0.2, 0) is 0 Å². The molecule has 0 fully saturated rings. The van der Waals surface area contributed by atoms with E-state index in [1.165, 1.54) is 6.20 Å². The van der Waals surface area contributed by atoms with E-state index in [1.54, 1.807) is 0 Å². The predicted molar refractivity (Wildman–Crippen MR) is 73.9 cm³/mol. The van der Waals surface area contributed by atoms with Crippen molar-refractivity contribution in [3.63, 3.8) is 0 Å². The molecule has 0 amide bonds. The molecule has 1 N–H and O–H groups in total. The molecule has 1 aromatic carbocycles. The molecule has 1 aromatic heterocycles. The molecule has 1 heterocycles. The average molecular weight is 310 g/mol. The fraction of sp³-hybridized carbons (Fsp3) is 0.231. The molecule has 3 nitrogen and oxygen atoms in total. The third-order valence-corrected chi connectivity index (χ3v) is 2.92. The van der Waals surface area contributed by atoms with Crippen molar-refractivity contribution in [3.05, 3.63) is 40.8 Å². The largest absolute Gasteiger partial charge is 0.354 e. The zero-order valence-corrected chi connectivity index (χ0v) is 11.5. The number of anilines is 1. The van der Waals surface area contributed by atoms with Crippen molar-refractivity contribution in [1.29, 1.82) is 0 Å².